The Kier molecular flexibility index (Phi) is 13.4. The van der Waals surface area contributed by atoms with E-state index in [9.17, 15) is 4.21 Å². The monoisotopic (exact) mass is 528 g/mol. The molecule has 1 unspecified atom stereocenters. The fourth-order valence-electron chi connectivity index (χ4n) is 2.92. The first-order valence-electron chi connectivity index (χ1n) is 9.86. The molecule has 2 N–H and O–H groups in total. The smallest absolute Gasteiger partial charge is 0.191 e. The summed E-state index contributed by atoms with van der Waals surface area (Å²) in [5, 5.41) is 6.59. The van der Waals surface area contributed by atoms with Crippen LogP contribution in [0.3, 0.4) is 0 Å². The van der Waals surface area contributed by atoms with E-state index in [2.05, 4.69) is 51.7 Å². The summed E-state index contributed by atoms with van der Waals surface area (Å²) in [6.45, 7) is 5.65. The zero-order chi connectivity index (χ0) is 20.0. The minimum Gasteiger partial charge on any atom is -0.372 e. The van der Waals surface area contributed by atoms with Gasteiger partial charge in [-0.25, -0.2) is 0 Å². The van der Waals surface area contributed by atoms with Gasteiger partial charge in [0.15, 0.2) is 5.96 Å². The molecule has 2 rings (SSSR count). The lowest BCUT2D eigenvalue weighted by Crippen LogP contribution is -2.40. The van der Waals surface area contributed by atoms with E-state index >= 15 is 0 Å². The summed E-state index contributed by atoms with van der Waals surface area (Å²) >= 11 is 0. The number of nitrogens with one attached hydrogen (secondary N) is 2. The number of hydrogen-bond donors (Lipinski definition) is 2. The highest BCUT2D eigenvalue weighted by Gasteiger charge is 2.05. The van der Waals surface area contributed by atoms with Crippen molar-refractivity contribution < 1.29 is 4.21 Å². The molecule has 2 aromatic rings. The van der Waals surface area contributed by atoms with Crippen LogP contribution in [0.5, 0.6) is 0 Å². The Morgan fingerprint density at radius 2 is 1.62 bits per heavy atom. The summed E-state index contributed by atoms with van der Waals surface area (Å²) < 4.78 is 12.2. The van der Waals surface area contributed by atoms with Gasteiger partial charge < -0.3 is 15.5 Å². The molecule has 0 amide bonds. The molecule has 0 saturated heterocycles. The first kappa shape index (κ1) is 25.4. The van der Waals surface area contributed by atoms with Crippen LogP contribution in [0.4, 0.5) is 5.69 Å². The van der Waals surface area contributed by atoms with Crippen LogP contribution in [0.25, 0.3) is 0 Å². The highest BCUT2D eigenvalue weighted by Crippen LogP contribution is 2.12. The van der Waals surface area contributed by atoms with Crippen molar-refractivity contribution in [2.45, 2.75) is 19.1 Å². The van der Waals surface area contributed by atoms with E-state index in [1.165, 1.54) is 5.69 Å². The van der Waals surface area contributed by atoms with Crippen molar-refractivity contribution in [2.24, 2.45) is 4.99 Å². The quantitative estimate of drug-likeness (QED) is 0.203. The molecule has 2 aromatic carbocycles. The summed E-state index contributed by atoms with van der Waals surface area (Å²) in [5.74, 6) is 1.97. The Bertz CT molecular complexity index is 728. The number of nitrogens with zero attached hydrogens (tertiary/aromatic N) is 2. The number of benzene rings is 2. The molecule has 0 aliphatic rings. The van der Waals surface area contributed by atoms with E-state index in [0.29, 0.717) is 18.1 Å². The first-order chi connectivity index (χ1) is 13.7. The molecule has 0 saturated carbocycles. The summed E-state index contributed by atoms with van der Waals surface area (Å²) in [7, 11) is 0.885. The maximum Gasteiger partial charge on any atom is 0.191 e. The van der Waals surface area contributed by atoms with Crippen molar-refractivity contribution in [3.8, 4) is 0 Å². The van der Waals surface area contributed by atoms with Gasteiger partial charge in [0, 0.05) is 61.2 Å². The van der Waals surface area contributed by atoms with Gasteiger partial charge in [0.05, 0.1) is 0 Å². The lowest BCUT2D eigenvalue weighted by atomic mass is 10.2. The van der Waals surface area contributed by atoms with Gasteiger partial charge in [-0.1, -0.05) is 48.5 Å². The molecular formula is C22H33IN4OS. The number of anilines is 1. The molecule has 0 bridgehead atoms. The van der Waals surface area contributed by atoms with Gasteiger partial charge in [-0.2, -0.15) is 0 Å². The van der Waals surface area contributed by atoms with Crippen molar-refractivity contribution in [3.63, 3.8) is 0 Å². The molecule has 0 spiro atoms. The third-order valence-electron chi connectivity index (χ3n) is 4.42. The van der Waals surface area contributed by atoms with Gasteiger partial charge in [-0.15, -0.1) is 24.0 Å². The van der Waals surface area contributed by atoms with Crippen molar-refractivity contribution in [1.29, 1.82) is 0 Å². The third kappa shape index (κ3) is 10.1. The highest BCUT2D eigenvalue weighted by molar-refractivity contribution is 14.0. The minimum absolute atomic E-state index is 0. The lowest BCUT2D eigenvalue weighted by molar-refractivity contribution is 0.680. The average molecular weight is 529 g/mol. The molecule has 0 aromatic heterocycles. The number of rotatable bonds is 11. The molecule has 5 nitrogen and oxygen atoms in total. The van der Waals surface area contributed by atoms with E-state index in [1.54, 1.807) is 7.05 Å². The lowest BCUT2D eigenvalue weighted by Gasteiger charge is -2.23. The molecular weight excluding hydrogens is 495 g/mol. The predicted octanol–water partition coefficient (Wildman–Crippen LogP) is 3.63. The van der Waals surface area contributed by atoms with Crippen LogP contribution in [0.15, 0.2) is 65.7 Å². The minimum atomic E-state index is -0.877. The molecule has 160 valence electrons. The second kappa shape index (κ2) is 15.3. The summed E-state index contributed by atoms with van der Waals surface area (Å²) in [6.07, 6.45) is 1.02. The first-order valence-corrected chi connectivity index (χ1v) is 11.3. The Morgan fingerprint density at radius 1 is 1.00 bits per heavy atom. The Labute approximate surface area is 194 Å². The molecule has 0 radical (unpaired) electrons. The standard InChI is InChI=1S/C22H32N4OS.HI/c1-3-26(21-13-8-5-9-14-21)17-10-15-24-22(23-2)25-16-18-28(27)19-20-11-6-4-7-12-20;/h4-9,11-14H,3,10,15-19H2,1-2H3,(H2,23,24,25);1H. The van der Waals surface area contributed by atoms with E-state index in [-0.39, 0.29) is 24.0 Å². The van der Waals surface area contributed by atoms with E-state index in [0.717, 1.165) is 37.6 Å². The average Bonchev–Trinajstić information content (AvgIpc) is 2.74. The SMILES string of the molecule is CCN(CCCNC(=NC)NCCS(=O)Cc1ccccc1)c1ccccc1.I. The molecule has 0 heterocycles. The number of hydrogen-bond acceptors (Lipinski definition) is 3. The fourth-order valence-corrected chi connectivity index (χ4v) is 3.96. The van der Waals surface area contributed by atoms with E-state index < -0.39 is 10.8 Å². The number of guanidine groups is 1. The van der Waals surface area contributed by atoms with Crippen LogP contribution in [0.1, 0.15) is 18.9 Å². The van der Waals surface area contributed by atoms with Crippen LogP contribution >= 0.6 is 24.0 Å². The summed E-state index contributed by atoms with van der Waals surface area (Å²) in [5.41, 5.74) is 2.37. The van der Waals surface area contributed by atoms with Crippen LogP contribution < -0.4 is 15.5 Å². The largest absolute Gasteiger partial charge is 0.372 e. The van der Waals surface area contributed by atoms with Crippen molar-refractivity contribution in [1.82, 2.24) is 10.6 Å². The van der Waals surface area contributed by atoms with Gasteiger partial charge in [0.1, 0.15) is 0 Å². The second-order valence-electron chi connectivity index (χ2n) is 6.47. The molecule has 0 aliphatic carbocycles. The molecule has 29 heavy (non-hydrogen) atoms. The van der Waals surface area contributed by atoms with Gasteiger partial charge in [-0.05, 0) is 31.0 Å². The normalized spacial score (nSPS) is 12.0. The number of para-hydroxylation sites is 1. The molecule has 1 atom stereocenters. The van der Waals surface area contributed by atoms with Crippen molar-refractivity contribution in [3.05, 3.63) is 66.2 Å². The maximum absolute atomic E-state index is 12.2. The van der Waals surface area contributed by atoms with Gasteiger partial charge in [-0.3, -0.25) is 9.20 Å². The summed E-state index contributed by atoms with van der Waals surface area (Å²) in [4.78, 5) is 6.61. The van der Waals surface area contributed by atoms with Crippen LogP contribution in [0, 0.1) is 0 Å². The Balaban J connectivity index is 0.00000420. The molecule has 7 heteroatoms. The number of halogens is 1. The molecule has 0 fully saturated rings. The van der Waals surface area contributed by atoms with Gasteiger partial charge in [0.2, 0.25) is 0 Å². The van der Waals surface area contributed by atoms with Crippen molar-refractivity contribution in [2.75, 3.05) is 43.9 Å². The zero-order valence-electron chi connectivity index (χ0n) is 17.3. The maximum atomic E-state index is 12.2. The number of aliphatic imine (C=N–C) groups is 1. The van der Waals surface area contributed by atoms with Gasteiger partial charge >= 0.3 is 0 Å². The topological polar surface area (TPSA) is 56.7 Å². The van der Waals surface area contributed by atoms with Crippen LogP contribution in [0.2, 0.25) is 0 Å². The molecule has 0 aliphatic heterocycles. The van der Waals surface area contributed by atoms with Gasteiger partial charge in [0.25, 0.3) is 0 Å². The van der Waals surface area contributed by atoms with Crippen molar-refractivity contribution >= 4 is 46.4 Å². The van der Waals surface area contributed by atoms with E-state index in [1.807, 2.05) is 36.4 Å². The summed E-state index contributed by atoms with van der Waals surface area (Å²) in [6, 6.07) is 20.4. The van der Waals surface area contributed by atoms with Crippen LogP contribution in [-0.4, -0.2) is 49.1 Å². The van der Waals surface area contributed by atoms with Crippen LogP contribution in [-0.2, 0) is 16.6 Å². The predicted molar refractivity (Wildman–Crippen MR) is 137 cm³/mol. The second-order valence-corrected chi connectivity index (χ2v) is 8.05. The fraction of sp³-hybridized carbons (Fsp3) is 0.409. The highest BCUT2D eigenvalue weighted by atomic mass is 127. The zero-order valence-corrected chi connectivity index (χ0v) is 20.5. The Morgan fingerprint density at radius 3 is 2.24 bits per heavy atom. The van der Waals surface area contributed by atoms with E-state index in [4.69, 9.17) is 0 Å². The third-order valence-corrected chi connectivity index (χ3v) is 5.73. The Hall–Kier alpha value is -1.61.